The van der Waals surface area contributed by atoms with Gasteiger partial charge in [-0.15, -0.1) is 0 Å². The Labute approximate surface area is 302 Å². The minimum Gasteiger partial charge on any atom is -0.456 e. The SMILES string of the molecule is CC1(C)c2cc(-c3cccc(-c4ccc(-c5nc(-c6ccccc6)nc(-c6ccccc6)n5)cc4)c3)ccc2-c2cc3c(cc21)oc1ccccc13. The van der Waals surface area contributed by atoms with Gasteiger partial charge in [-0.2, -0.15) is 0 Å². The van der Waals surface area contributed by atoms with Gasteiger partial charge in [-0.05, 0) is 74.8 Å². The quantitative estimate of drug-likeness (QED) is 0.183. The summed E-state index contributed by atoms with van der Waals surface area (Å²) in [6, 6.07) is 57.3. The zero-order valence-corrected chi connectivity index (χ0v) is 28.8. The Morgan fingerprint density at radius 2 is 0.865 bits per heavy atom. The summed E-state index contributed by atoms with van der Waals surface area (Å²) in [7, 11) is 0. The zero-order chi connectivity index (χ0) is 34.8. The Balaban J connectivity index is 0.986. The van der Waals surface area contributed by atoms with E-state index in [1.165, 1.54) is 38.8 Å². The second-order valence-electron chi connectivity index (χ2n) is 14.1. The van der Waals surface area contributed by atoms with Crippen LogP contribution in [-0.2, 0) is 5.41 Å². The van der Waals surface area contributed by atoms with Crippen LogP contribution in [0.2, 0.25) is 0 Å². The highest BCUT2D eigenvalue weighted by Crippen LogP contribution is 2.51. The molecule has 7 aromatic carbocycles. The summed E-state index contributed by atoms with van der Waals surface area (Å²) < 4.78 is 6.29. The van der Waals surface area contributed by atoms with Gasteiger partial charge in [-0.25, -0.2) is 15.0 Å². The van der Waals surface area contributed by atoms with Crippen molar-refractivity contribution in [3.05, 3.63) is 175 Å². The first-order valence-electron chi connectivity index (χ1n) is 17.7. The minimum atomic E-state index is -0.156. The topological polar surface area (TPSA) is 51.8 Å². The molecule has 0 fully saturated rings. The van der Waals surface area contributed by atoms with Crippen molar-refractivity contribution in [1.29, 1.82) is 0 Å². The van der Waals surface area contributed by atoms with E-state index in [0.717, 1.165) is 44.4 Å². The monoisotopic (exact) mass is 667 g/mol. The fourth-order valence-electron chi connectivity index (χ4n) is 7.76. The summed E-state index contributed by atoms with van der Waals surface area (Å²) in [4.78, 5) is 14.7. The van der Waals surface area contributed by atoms with Crippen LogP contribution in [-0.4, -0.2) is 15.0 Å². The van der Waals surface area contributed by atoms with Crippen LogP contribution in [0.5, 0.6) is 0 Å². The van der Waals surface area contributed by atoms with Gasteiger partial charge >= 0.3 is 0 Å². The van der Waals surface area contributed by atoms with E-state index < -0.39 is 0 Å². The molecule has 0 radical (unpaired) electrons. The molecule has 4 nitrogen and oxygen atoms in total. The Bertz CT molecular complexity index is 2740. The van der Waals surface area contributed by atoms with E-state index in [-0.39, 0.29) is 5.41 Å². The lowest BCUT2D eigenvalue weighted by atomic mass is 9.81. The molecule has 4 heteroatoms. The molecule has 52 heavy (non-hydrogen) atoms. The summed E-state index contributed by atoms with van der Waals surface area (Å²) in [5.74, 6) is 1.96. The summed E-state index contributed by atoms with van der Waals surface area (Å²) in [6.45, 7) is 4.65. The summed E-state index contributed by atoms with van der Waals surface area (Å²) >= 11 is 0. The molecule has 0 N–H and O–H groups in total. The molecule has 246 valence electrons. The minimum absolute atomic E-state index is 0.156. The first-order chi connectivity index (χ1) is 25.5. The molecule has 0 unspecified atom stereocenters. The maximum absolute atomic E-state index is 6.29. The van der Waals surface area contributed by atoms with Crippen molar-refractivity contribution in [2.45, 2.75) is 19.3 Å². The number of fused-ring (bicyclic) bond motifs is 6. The van der Waals surface area contributed by atoms with Crippen LogP contribution in [0.25, 0.3) is 89.5 Å². The fraction of sp³-hybridized carbons (Fsp3) is 0.0625. The van der Waals surface area contributed by atoms with Crippen molar-refractivity contribution in [3.63, 3.8) is 0 Å². The van der Waals surface area contributed by atoms with E-state index in [0.29, 0.717) is 17.5 Å². The molecule has 0 saturated heterocycles. The first-order valence-corrected chi connectivity index (χ1v) is 17.7. The van der Waals surface area contributed by atoms with Gasteiger partial charge in [0, 0.05) is 32.9 Å². The number of para-hydroxylation sites is 1. The number of aromatic nitrogens is 3. The molecule has 0 aliphatic heterocycles. The molecule has 1 aliphatic carbocycles. The lowest BCUT2D eigenvalue weighted by Crippen LogP contribution is -2.15. The van der Waals surface area contributed by atoms with Crippen LogP contribution in [0.1, 0.15) is 25.0 Å². The number of nitrogens with zero attached hydrogens (tertiary/aromatic N) is 3. The Morgan fingerprint density at radius 1 is 0.365 bits per heavy atom. The van der Waals surface area contributed by atoms with Gasteiger partial charge in [0.1, 0.15) is 11.2 Å². The molecule has 0 saturated carbocycles. The maximum Gasteiger partial charge on any atom is 0.164 e. The van der Waals surface area contributed by atoms with Gasteiger partial charge < -0.3 is 4.42 Å². The number of benzene rings is 7. The summed E-state index contributed by atoms with van der Waals surface area (Å²) in [5.41, 5.74) is 14.5. The highest BCUT2D eigenvalue weighted by atomic mass is 16.3. The number of hydrogen-bond acceptors (Lipinski definition) is 4. The predicted octanol–water partition coefficient (Wildman–Crippen LogP) is 12.4. The van der Waals surface area contributed by atoms with E-state index in [2.05, 4.69) is 105 Å². The standard InChI is InChI=1S/C48H33N3O/c1-48(2)41-27-36(24-25-37(41)39-28-40-38-18-9-10-19-43(38)52-44(40)29-42(39)48)35-17-11-16-34(26-35)30-20-22-33(23-21-30)47-50-45(31-12-5-3-6-13-31)49-46(51-47)32-14-7-4-8-15-32/h3-29H,1-2H3. The smallest absolute Gasteiger partial charge is 0.164 e. The van der Waals surface area contributed by atoms with Gasteiger partial charge in [0.25, 0.3) is 0 Å². The van der Waals surface area contributed by atoms with Gasteiger partial charge in [-0.1, -0.05) is 147 Å². The Morgan fingerprint density at radius 3 is 1.54 bits per heavy atom. The van der Waals surface area contributed by atoms with Crippen LogP contribution in [0.15, 0.2) is 168 Å². The van der Waals surface area contributed by atoms with E-state index in [1.807, 2.05) is 72.8 Å². The summed E-state index contributed by atoms with van der Waals surface area (Å²) in [5, 5.41) is 2.33. The highest BCUT2D eigenvalue weighted by molar-refractivity contribution is 6.07. The fourth-order valence-corrected chi connectivity index (χ4v) is 7.76. The van der Waals surface area contributed by atoms with Crippen molar-refractivity contribution in [1.82, 2.24) is 15.0 Å². The van der Waals surface area contributed by atoms with Crippen molar-refractivity contribution >= 4 is 21.9 Å². The lowest BCUT2D eigenvalue weighted by Gasteiger charge is -2.22. The van der Waals surface area contributed by atoms with Gasteiger partial charge in [0.05, 0.1) is 0 Å². The molecule has 2 heterocycles. The maximum atomic E-state index is 6.29. The third-order valence-corrected chi connectivity index (χ3v) is 10.5. The number of furan rings is 1. The first kappa shape index (κ1) is 30.2. The van der Waals surface area contributed by atoms with E-state index >= 15 is 0 Å². The van der Waals surface area contributed by atoms with Crippen LogP contribution in [0.4, 0.5) is 0 Å². The van der Waals surface area contributed by atoms with Crippen molar-refractivity contribution in [3.8, 4) is 67.5 Å². The molecule has 9 aromatic rings. The average molecular weight is 668 g/mol. The van der Waals surface area contributed by atoms with Crippen LogP contribution in [0, 0.1) is 0 Å². The van der Waals surface area contributed by atoms with Crippen LogP contribution in [0.3, 0.4) is 0 Å². The van der Waals surface area contributed by atoms with Crippen LogP contribution < -0.4 is 0 Å². The van der Waals surface area contributed by atoms with Crippen molar-refractivity contribution in [2.24, 2.45) is 0 Å². The van der Waals surface area contributed by atoms with Gasteiger partial charge in [0.15, 0.2) is 17.5 Å². The van der Waals surface area contributed by atoms with Crippen molar-refractivity contribution < 1.29 is 4.42 Å². The van der Waals surface area contributed by atoms with Crippen LogP contribution >= 0.6 is 0 Å². The third kappa shape index (κ3) is 4.95. The number of rotatable bonds is 5. The van der Waals surface area contributed by atoms with Gasteiger partial charge in [0.2, 0.25) is 0 Å². The molecule has 1 aliphatic rings. The lowest BCUT2D eigenvalue weighted by molar-refractivity contribution is 0.647. The van der Waals surface area contributed by atoms with Gasteiger partial charge in [-0.3, -0.25) is 0 Å². The average Bonchev–Trinajstić information content (AvgIpc) is 3.68. The molecule has 0 spiro atoms. The predicted molar refractivity (Wildman–Crippen MR) is 212 cm³/mol. The Kier molecular flexibility index (Phi) is 6.80. The normalized spacial score (nSPS) is 13.0. The number of hydrogen-bond donors (Lipinski definition) is 0. The largest absolute Gasteiger partial charge is 0.456 e. The molecular formula is C48H33N3O. The second-order valence-corrected chi connectivity index (χ2v) is 14.1. The third-order valence-electron chi connectivity index (χ3n) is 10.5. The molecule has 10 rings (SSSR count). The highest BCUT2D eigenvalue weighted by Gasteiger charge is 2.36. The molecule has 0 bridgehead atoms. The van der Waals surface area contributed by atoms with E-state index in [4.69, 9.17) is 19.4 Å². The zero-order valence-electron chi connectivity index (χ0n) is 28.8. The van der Waals surface area contributed by atoms with E-state index in [9.17, 15) is 0 Å². The molecule has 0 amide bonds. The van der Waals surface area contributed by atoms with Crippen molar-refractivity contribution in [2.75, 3.05) is 0 Å². The second kappa shape index (κ2) is 11.7. The molecule has 0 atom stereocenters. The summed E-state index contributed by atoms with van der Waals surface area (Å²) in [6.07, 6.45) is 0. The van der Waals surface area contributed by atoms with E-state index in [1.54, 1.807) is 0 Å². The molecule has 2 aromatic heterocycles. The Hall–Kier alpha value is -6.65. The molecular weight excluding hydrogens is 635 g/mol.